The van der Waals surface area contributed by atoms with E-state index in [4.69, 9.17) is 4.74 Å². The molecule has 1 fully saturated rings. The molecule has 1 aromatic rings. The first-order valence-corrected chi connectivity index (χ1v) is 9.15. The van der Waals surface area contributed by atoms with Gasteiger partial charge in [-0.15, -0.1) is 0 Å². The van der Waals surface area contributed by atoms with Gasteiger partial charge in [-0.05, 0) is 34.8 Å². The van der Waals surface area contributed by atoms with E-state index in [1.807, 2.05) is 6.92 Å². The maximum atomic E-state index is 12.8. The fraction of sp³-hybridized carbons (Fsp3) is 0.615. The lowest BCUT2D eigenvalue weighted by atomic mass is 10.3. The standard InChI is InChI=1S/C13H20BrN3O3S/c1-3-5-15-13-12(7-10(14)8-16-13)21(18,19)17(2)11-4-6-20-9-11/h7-8,11H,3-6,9H2,1-2H3,(H,15,16). The molecule has 0 aromatic carbocycles. The lowest BCUT2D eigenvalue weighted by Crippen LogP contribution is -2.37. The number of pyridine rings is 1. The average Bonchev–Trinajstić information content (AvgIpc) is 2.99. The van der Waals surface area contributed by atoms with E-state index in [0.717, 1.165) is 12.8 Å². The van der Waals surface area contributed by atoms with E-state index in [2.05, 4.69) is 26.2 Å². The number of hydrogen-bond acceptors (Lipinski definition) is 5. The Balaban J connectivity index is 2.35. The predicted molar refractivity (Wildman–Crippen MR) is 84.9 cm³/mol. The number of sulfonamides is 1. The van der Waals surface area contributed by atoms with Crippen molar-refractivity contribution in [3.05, 3.63) is 16.7 Å². The highest BCUT2D eigenvalue weighted by Crippen LogP contribution is 2.28. The van der Waals surface area contributed by atoms with Gasteiger partial charge in [-0.1, -0.05) is 6.92 Å². The number of aromatic nitrogens is 1. The lowest BCUT2D eigenvalue weighted by Gasteiger charge is -2.23. The monoisotopic (exact) mass is 377 g/mol. The van der Waals surface area contributed by atoms with Gasteiger partial charge in [0.05, 0.1) is 12.6 Å². The molecule has 118 valence electrons. The molecule has 6 nitrogen and oxygen atoms in total. The summed E-state index contributed by atoms with van der Waals surface area (Å²) >= 11 is 3.29. The van der Waals surface area contributed by atoms with Gasteiger partial charge in [-0.25, -0.2) is 13.4 Å². The second-order valence-corrected chi connectivity index (χ2v) is 7.85. The van der Waals surface area contributed by atoms with Crippen LogP contribution >= 0.6 is 15.9 Å². The third-order valence-electron chi connectivity index (χ3n) is 3.44. The molecule has 2 heterocycles. The first-order chi connectivity index (χ1) is 9.96. The lowest BCUT2D eigenvalue weighted by molar-refractivity contribution is 0.181. The van der Waals surface area contributed by atoms with Gasteiger partial charge in [0, 0.05) is 30.9 Å². The fourth-order valence-electron chi connectivity index (χ4n) is 2.15. The molecule has 2 rings (SSSR count). The van der Waals surface area contributed by atoms with Gasteiger partial charge in [0.2, 0.25) is 10.0 Å². The van der Waals surface area contributed by atoms with E-state index in [-0.39, 0.29) is 10.9 Å². The van der Waals surface area contributed by atoms with Gasteiger partial charge >= 0.3 is 0 Å². The Bertz CT molecular complexity index is 588. The minimum atomic E-state index is -3.61. The molecule has 1 aliphatic heterocycles. The van der Waals surface area contributed by atoms with E-state index < -0.39 is 10.0 Å². The van der Waals surface area contributed by atoms with Gasteiger partial charge in [-0.3, -0.25) is 0 Å². The van der Waals surface area contributed by atoms with Crippen LogP contribution in [0.4, 0.5) is 5.82 Å². The minimum absolute atomic E-state index is 0.118. The molecule has 1 aromatic heterocycles. The maximum Gasteiger partial charge on any atom is 0.246 e. The van der Waals surface area contributed by atoms with Gasteiger partial charge in [0.1, 0.15) is 10.7 Å². The normalized spacial score (nSPS) is 19.1. The molecule has 1 unspecified atom stereocenters. The van der Waals surface area contributed by atoms with Crippen molar-refractivity contribution in [3.8, 4) is 0 Å². The molecule has 1 N–H and O–H groups in total. The van der Waals surface area contributed by atoms with Crippen LogP contribution in [0, 0.1) is 0 Å². The zero-order chi connectivity index (χ0) is 15.5. The summed E-state index contributed by atoms with van der Waals surface area (Å²) in [4.78, 5) is 4.39. The summed E-state index contributed by atoms with van der Waals surface area (Å²) in [7, 11) is -2.01. The molecule has 0 aliphatic carbocycles. The summed E-state index contributed by atoms with van der Waals surface area (Å²) in [6.45, 7) is 3.73. The van der Waals surface area contributed by atoms with Crippen molar-refractivity contribution in [2.24, 2.45) is 0 Å². The summed E-state index contributed by atoms with van der Waals surface area (Å²) < 4.78 is 33.0. The van der Waals surface area contributed by atoms with Crippen molar-refractivity contribution in [3.63, 3.8) is 0 Å². The second-order valence-electron chi connectivity index (χ2n) is 4.97. The highest BCUT2D eigenvalue weighted by Gasteiger charge is 2.32. The van der Waals surface area contributed by atoms with Crippen LogP contribution < -0.4 is 5.32 Å². The number of likely N-dealkylation sites (N-methyl/N-ethyl adjacent to an activating group) is 1. The highest BCUT2D eigenvalue weighted by atomic mass is 79.9. The second kappa shape index (κ2) is 7.04. The number of rotatable bonds is 6. The quantitative estimate of drug-likeness (QED) is 0.821. The zero-order valence-corrected chi connectivity index (χ0v) is 14.6. The molecule has 1 aliphatic rings. The Morgan fingerprint density at radius 2 is 2.33 bits per heavy atom. The fourth-order valence-corrected chi connectivity index (χ4v) is 4.15. The van der Waals surface area contributed by atoms with Crippen molar-refractivity contribution in [2.45, 2.75) is 30.7 Å². The van der Waals surface area contributed by atoms with Gasteiger partial charge < -0.3 is 10.1 Å². The molecular formula is C13H20BrN3O3S. The van der Waals surface area contributed by atoms with Crippen LogP contribution in [-0.2, 0) is 14.8 Å². The Hall–Kier alpha value is -0.700. The van der Waals surface area contributed by atoms with Crippen molar-refractivity contribution < 1.29 is 13.2 Å². The summed E-state index contributed by atoms with van der Waals surface area (Å²) in [5, 5.41) is 3.07. The van der Waals surface area contributed by atoms with E-state index in [0.29, 0.717) is 30.0 Å². The van der Waals surface area contributed by atoms with Crippen molar-refractivity contribution in [1.82, 2.24) is 9.29 Å². The van der Waals surface area contributed by atoms with Crippen LogP contribution in [0.15, 0.2) is 21.6 Å². The molecule has 21 heavy (non-hydrogen) atoms. The number of ether oxygens (including phenoxy) is 1. The molecule has 0 bridgehead atoms. The number of hydrogen-bond donors (Lipinski definition) is 1. The van der Waals surface area contributed by atoms with Crippen LogP contribution in [0.5, 0.6) is 0 Å². The zero-order valence-electron chi connectivity index (χ0n) is 12.2. The SMILES string of the molecule is CCCNc1ncc(Br)cc1S(=O)(=O)N(C)C1CCOC1. The average molecular weight is 378 g/mol. The van der Waals surface area contributed by atoms with Gasteiger partial charge in [0.15, 0.2) is 0 Å². The Morgan fingerprint density at radius 1 is 1.57 bits per heavy atom. The Labute approximate surface area is 134 Å². The molecule has 8 heteroatoms. The summed E-state index contributed by atoms with van der Waals surface area (Å²) in [6.07, 6.45) is 3.20. The maximum absolute atomic E-state index is 12.8. The number of nitrogens with one attached hydrogen (secondary N) is 1. The van der Waals surface area contributed by atoms with E-state index in [1.54, 1.807) is 19.3 Å². The molecule has 0 saturated carbocycles. The molecular weight excluding hydrogens is 358 g/mol. The molecule has 1 saturated heterocycles. The van der Waals surface area contributed by atoms with Gasteiger partial charge in [0.25, 0.3) is 0 Å². The first-order valence-electron chi connectivity index (χ1n) is 6.92. The highest BCUT2D eigenvalue weighted by molar-refractivity contribution is 9.10. The third kappa shape index (κ3) is 3.74. The topological polar surface area (TPSA) is 71.5 Å². The summed E-state index contributed by atoms with van der Waals surface area (Å²) in [5.74, 6) is 0.394. The largest absolute Gasteiger partial charge is 0.380 e. The smallest absolute Gasteiger partial charge is 0.246 e. The van der Waals surface area contributed by atoms with Crippen LogP contribution in [0.1, 0.15) is 19.8 Å². The first kappa shape index (κ1) is 16.7. The number of anilines is 1. The summed E-state index contributed by atoms with van der Waals surface area (Å²) in [5.41, 5.74) is 0. The van der Waals surface area contributed by atoms with Crippen molar-refractivity contribution in [2.75, 3.05) is 32.1 Å². The van der Waals surface area contributed by atoms with Crippen molar-refractivity contribution >= 4 is 31.8 Å². The van der Waals surface area contributed by atoms with Crippen LogP contribution in [0.25, 0.3) is 0 Å². The number of halogens is 1. The van der Waals surface area contributed by atoms with Crippen LogP contribution in [-0.4, -0.2) is 50.6 Å². The molecule has 0 spiro atoms. The van der Waals surface area contributed by atoms with E-state index >= 15 is 0 Å². The predicted octanol–water partition coefficient (Wildman–Crippen LogP) is 2.08. The summed E-state index contributed by atoms with van der Waals surface area (Å²) in [6, 6.07) is 1.47. The van der Waals surface area contributed by atoms with Gasteiger partial charge in [-0.2, -0.15) is 4.31 Å². The third-order valence-corrected chi connectivity index (χ3v) is 5.80. The molecule has 1 atom stereocenters. The van der Waals surface area contributed by atoms with E-state index in [1.165, 1.54) is 4.31 Å². The van der Waals surface area contributed by atoms with E-state index in [9.17, 15) is 8.42 Å². The Morgan fingerprint density at radius 3 is 2.95 bits per heavy atom. The number of nitrogens with zero attached hydrogens (tertiary/aromatic N) is 2. The van der Waals surface area contributed by atoms with Crippen molar-refractivity contribution in [1.29, 1.82) is 0 Å². The molecule has 0 amide bonds. The Kier molecular flexibility index (Phi) is 5.59. The van der Waals surface area contributed by atoms with Crippen LogP contribution in [0.2, 0.25) is 0 Å². The molecule has 0 radical (unpaired) electrons. The van der Waals surface area contributed by atoms with Crippen LogP contribution in [0.3, 0.4) is 0 Å². The minimum Gasteiger partial charge on any atom is -0.380 e.